The predicted molar refractivity (Wildman–Crippen MR) is 106 cm³/mol. The first-order valence-corrected chi connectivity index (χ1v) is 9.90. The maximum atomic E-state index is 13.3. The number of pyridine rings is 1. The standard InChI is InChI=1S/C20H19NO7S/c1-12-5-7-13(8-6-12)29(24,25)21-11-15(20(23)28-4)19(22)14-9-17(26-2)18(27-3)10-16(14)21/h5-11H,1-4H3. The number of hydrogen-bond acceptors (Lipinski definition) is 7. The second-order valence-corrected chi connectivity index (χ2v) is 8.02. The first-order chi connectivity index (χ1) is 13.7. The molecule has 0 unspecified atom stereocenters. The van der Waals surface area contributed by atoms with Crippen LogP contribution in [0.25, 0.3) is 10.9 Å². The van der Waals surface area contributed by atoms with E-state index in [2.05, 4.69) is 4.74 Å². The molecule has 0 aliphatic rings. The molecule has 0 aliphatic heterocycles. The molecule has 2 aromatic carbocycles. The van der Waals surface area contributed by atoms with E-state index in [1.54, 1.807) is 12.1 Å². The quantitative estimate of drug-likeness (QED) is 0.587. The number of nitrogens with zero attached hydrogens (tertiary/aromatic N) is 1. The number of aryl methyl sites for hydroxylation is 1. The summed E-state index contributed by atoms with van der Waals surface area (Å²) in [6.07, 6.45) is 0.970. The van der Waals surface area contributed by atoms with Gasteiger partial charge in [0.2, 0.25) is 5.43 Å². The van der Waals surface area contributed by atoms with E-state index in [9.17, 15) is 18.0 Å². The second kappa shape index (κ2) is 7.59. The fourth-order valence-electron chi connectivity index (χ4n) is 2.90. The molecule has 152 valence electrons. The van der Waals surface area contributed by atoms with Crippen molar-refractivity contribution in [1.29, 1.82) is 0 Å². The van der Waals surface area contributed by atoms with E-state index in [-0.39, 0.29) is 27.3 Å². The van der Waals surface area contributed by atoms with Gasteiger partial charge in [-0.05, 0) is 25.1 Å². The summed E-state index contributed by atoms with van der Waals surface area (Å²) in [7, 11) is -0.247. The van der Waals surface area contributed by atoms with Crippen molar-refractivity contribution in [2.24, 2.45) is 0 Å². The molecule has 3 aromatic rings. The number of fused-ring (bicyclic) bond motifs is 1. The fourth-order valence-corrected chi connectivity index (χ4v) is 4.26. The predicted octanol–water partition coefficient (Wildman–Crippen LogP) is 2.35. The number of carbonyl (C=O) groups is 1. The van der Waals surface area contributed by atoms with Crippen molar-refractivity contribution < 1.29 is 27.4 Å². The Morgan fingerprint density at radius 1 is 0.966 bits per heavy atom. The first kappa shape index (κ1) is 20.4. The lowest BCUT2D eigenvalue weighted by atomic mass is 10.1. The Labute approximate surface area is 167 Å². The summed E-state index contributed by atoms with van der Waals surface area (Å²) in [5, 5.41) is -0.0266. The number of carbonyl (C=O) groups excluding carboxylic acids is 1. The minimum Gasteiger partial charge on any atom is -0.493 e. The van der Waals surface area contributed by atoms with Gasteiger partial charge >= 0.3 is 5.97 Å². The molecule has 8 nitrogen and oxygen atoms in total. The summed E-state index contributed by atoms with van der Waals surface area (Å²) in [4.78, 5) is 25.0. The zero-order chi connectivity index (χ0) is 21.3. The summed E-state index contributed by atoms with van der Waals surface area (Å²) >= 11 is 0. The van der Waals surface area contributed by atoms with Crippen LogP contribution in [0.3, 0.4) is 0 Å². The Morgan fingerprint density at radius 2 is 1.55 bits per heavy atom. The Balaban J connectivity index is 2.47. The summed E-state index contributed by atoms with van der Waals surface area (Å²) in [6.45, 7) is 1.83. The van der Waals surface area contributed by atoms with Crippen LogP contribution in [0, 0.1) is 6.92 Å². The Hall–Kier alpha value is -3.33. The lowest BCUT2D eigenvalue weighted by molar-refractivity contribution is 0.0599. The third kappa shape index (κ3) is 3.44. The third-order valence-electron chi connectivity index (χ3n) is 4.46. The third-order valence-corrected chi connectivity index (χ3v) is 6.15. The number of aromatic nitrogens is 1. The zero-order valence-corrected chi connectivity index (χ0v) is 17.1. The number of hydrogen-bond donors (Lipinski definition) is 0. The number of rotatable bonds is 5. The van der Waals surface area contributed by atoms with Crippen molar-refractivity contribution in [1.82, 2.24) is 3.97 Å². The molecule has 0 amide bonds. The summed E-state index contributed by atoms with van der Waals surface area (Å²) < 4.78 is 42.6. The average Bonchev–Trinajstić information content (AvgIpc) is 2.72. The summed E-state index contributed by atoms with van der Waals surface area (Å²) in [5.41, 5.74) is -0.165. The SMILES string of the molecule is COC(=O)c1cn(S(=O)(=O)c2ccc(C)cc2)c2cc(OC)c(OC)cc2c1=O. The highest BCUT2D eigenvalue weighted by molar-refractivity contribution is 7.90. The van der Waals surface area contributed by atoms with Gasteiger partial charge in [-0.3, -0.25) is 4.79 Å². The Kier molecular flexibility index (Phi) is 5.34. The topological polar surface area (TPSA) is 101 Å². The van der Waals surface area contributed by atoms with Crippen LogP contribution in [0.4, 0.5) is 0 Å². The normalized spacial score (nSPS) is 11.3. The molecule has 0 bridgehead atoms. The van der Waals surface area contributed by atoms with Crippen LogP contribution >= 0.6 is 0 Å². The van der Waals surface area contributed by atoms with Crippen LogP contribution in [0.5, 0.6) is 11.5 Å². The van der Waals surface area contributed by atoms with E-state index in [1.807, 2.05) is 6.92 Å². The molecule has 0 N–H and O–H groups in total. The van der Waals surface area contributed by atoms with E-state index in [1.165, 1.54) is 38.5 Å². The highest BCUT2D eigenvalue weighted by atomic mass is 32.2. The van der Waals surface area contributed by atoms with Crippen molar-refractivity contribution in [2.75, 3.05) is 21.3 Å². The van der Waals surface area contributed by atoms with E-state index in [4.69, 9.17) is 9.47 Å². The van der Waals surface area contributed by atoms with Gasteiger partial charge in [0.05, 0.1) is 37.1 Å². The number of benzene rings is 2. The molecule has 1 aromatic heterocycles. The second-order valence-electron chi connectivity index (χ2n) is 6.20. The van der Waals surface area contributed by atoms with Crippen LogP contribution < -0.4 is 14.9 Å². The lowest BCUT2D eigenvalue weighted by Crippen LogP contribution is -2.23. The Morgan fingerprint density at radius 3 is 2.10 bits per heavy atom. The zero-order valence-electron chi connectivity index (χ0n) is 16.3. The van der Waals surface area contributed by atoms with Crippen molar-refractivity contribution in [3.63, 3.8) is 0 Å². The number of methoxy groups -OCH3 is 3. The van der Waals surface area contributed by atoms with Crippen LogP contribution in [0.2, 0.25) is 0 Å². The molecular weight excluding hydrogens is 398 g/mol. The van der Waals surface area contributed by atoms with E-state index in [0.29, 0.717) is 0 Å². The molecule has 0 radical (unpaired) electrons. The van der Waals surface area contributed by atoms with Gasteiger partial charge in [0, 0.05) is 12.3 Å². The van der Waals surface area contributed by atoms with Gasteiger partial charge in [0.25, 0.3) is 10.0 Å². The molecule has 0 saturated heterocycles. The van der Waals surface area contributed by atoms with E-state index >= 15 is 0 Å². The highest BCUT2D eigenvalue weighted by Gasteiger charge is 2.25. The van der Waals surface area contributed by atoms with E-state index in [0.717, 1.165) is 22.8 Å². The molecule has 29 heavy (non-hydrogen) atoms. The smallest absolute Gasteiger partial charge is 0.343 e. The maximum Gasteiger partial charge on any atom is 0.343 e. The van der Waals surface area contributed by atoms with Crippen LogP contribution in [0.15, 0.2) is 52.3 Å². The van der Waals surface area contributed by atoms with Crippen molar-refractivity contribution in [3.8, 4) is 11.5 Å². The minimum absolute atomic E-state index is 0.00125. The largest absolute Gasteiger partial charge is 0.493 e. The molecule has 1 heterocycles. The average molecular weight is 417 g/mol. The lowest BCUT2D eigenvalue weighted by Gasteiger charge is -2.16. The van der Waals surface area contributed by atoms with Crippen molar-refractivity contribution in [3.05, 3.63) is 63.9 Å². The fraction of sp³-hybridized carbons (Fsp3) is 0.200. The minimum atomic E-state index is -4.13. The van der Waals surface area contributed by atoms with Gasteiger partial charge in [0.1, 0.15) is 5.56 Å². The van der Waals surface area contributed by atoms with Gasteiger partial charge in [0.15, 0.2) is 11.5 Å². The molecule has 0 saturated carbocycles. The first-order valence-electron chi connectivity index (χ1n) is 8.46. The van der Waals surface area contributed by atoms with Gasteiger partial charge < -0.3 is 14.2 Å². The van der Waals surface area contributed by atoms with Crippen LogP contribution in [-0.2, 0) is 14.8 Å². The van der Waals surface area contributed by atoms with Crippen molar-refractivity contribution >= 4 is 26.9 Å². The van der Waals surface area contributed by atoms with Crippen molar-refractivity contribution in [2.45, 2.75) is 11.8 Å². The molecule has 9 heteroatoms. The summed E-state index contributed by atoms with van der Waals surface area (Å²) in [5.74, 6) is -0.490. The highest BCUT2D eigenvalue weighted by Crippen LogP contribution is 2.32. The molecule has 0 aliphatic carbocycles. The molecule has 0 atom stereocenters. The van der Waals surface area contributed by atoms with E-state index < -0.39 is 27.0 Å². The van der Waals surface area contributed by atoms with Crippen LogP contribution in [0.1, 0.15) is 15.9 Å². The Bertz CT molecular complexity index is 1260. The number of esters is 1. The monoisotopic (exact) mass is 417 g/mol. The maximum absolute atomic E-state index is 13.3. The van der Waals surface area contributed by atoms with Gasteiger partial charge in [-0.15, -0.1) is 0 Å². The molecular formula is C20H19NO7S. The van der Waals surface area contributed by atoms with Gasteiger partial charge in [-0.1, -0.05) is 17.7 Å². The van der Waals surface area contributed by atoms with Crippen LogP contribution in [-0.4, -0.2) is 39.7 Å². The number of ether oxygens (including phenoxy) is 3. The molecule has 3 rings (SSSR count). The summed E-state index contributed by atoms with van der Waals surface area (Å²) in [6, 6.07) is 8.93. The molecule has 0 fully saturated rings. The molecule has 0 spiro atoms. The van der Waals surface area contributed by atoms with Gasteiger partial charge in [-0.25, -0.2) is 17.2 Å². The van der Waals surface area contributed by atoms with Gasteiger partial charge in [-0.2, -0.15) is 0 Å².